The highest BCUT2D eigenvalue weighted by Crippen LogP contribution is 2.43. The maximum atomic E-state index is 4.63. The number of hydrogen-bond acceptors (Lipinski definition) is 4. The standard InChI is InChI=1S/C20H25N3S/c1-2-4-14(5-3-1)20(19-10-11-24-22-19)21-15-12-17-8-9-18(13-15)23(17)16-6-7-16/h1-5,10-11,15-18,20-21H,6-9,12-13H2. The van der Waals surface area contributed by atoms with Crippen LogP contribution in [0.4, 0.5) is 0 Å². The lowest BCUT2D eigenvalue weighted by molar-refractivity contribution is 0.106. The lowest BCUT2D eigenvalue weighted by Crippen LogP contribution is -2.50. The summed E-state index contributed by atoms with van der Waals surface area (Å²) in [5.41, 5.74) is 2.50. The number of nitrogens with zero attached hydrogens (tertiary/aromatic N) is 2. The summed E-state index contributed by atoms with van der Waals surface area (Å²) in [5, 5.41) is 6.06. The minimum atomic E-state index is 0.231. The highest BCUT2D eigenvalue weighted by molar-refractivity contribution is 7.03. The van der Waals surface area contributed by atoms with Crippen LogP contribution in [0.1, 0.15) is 55.8 Å². The zero-order valence-electron chi connectivity index (χ0n) is 14.0. The van der Waals surface area contributed by atoms with Gasteiger partial charge in [-0.3, -0.25) is 4.90 Å². The Morgan fingerprint density at radius 1 is 0.958 bits per heavy atom. The predicted molar refractivity (Wildman–Crippen MR) is 98.2 cm³/mol. The smallest absolute Gasteiger partial charge is 0.0764 e. The van der Waals surface area contributed by atoms with E-state index in [0.29, 0.717) is 6.04 Å². The number of benzene rings is 1. The molecule has 2 aromatic rings. The number of piperidine rings is 1. The van der Waals surface area contributed by atoms with E-state index in [1.165, 1.54) is 49.8 Å². The van der Waals surface area contributed by atoms with Crippen molar-refractivity contribution in [3.05, 3.63) is 53.0 Å². The Labute approximate surface area is 148 Å². The molecule has 3 fully saturated rings. The van der Waals surface area contributed by atoms with Gasteiger partial charge in [0.15, 0.2) is 0 Å². The Morgan fingerprint density at radius 2 is 1.67 bits per heavy atom. The van der Waals surface area contributed by atoms with Crippen molar-refractivity contribution in [1.29, 1.82) is 0 Å². The van der Waals surface area contributed by atoms with E-state index >= 15 is 0 Å². The molecule has 2 aliphatic heterocycles. The number of aromatic nitrogens is 1. The van der Waals surface area contributed by atoms with E-state index in [0.717, 1.165) is 18.1 Å². The molecule has 0 spiro atoms. The summed E-state index contributed by atoms with van der Waals surface area (Å²) in [6, 6.07) is 16.4. The van der Waals surface area contributed by atoms with E-state index in [2.05, 4.69) is 56.4 Å². The third-order valence-corrected chi connectivity index (χ3v) is 6.62. The van der Waals surface area contributed by atoms with Crippen LogP contribution in [0.15, 0.2) is 41.8 Å². The lowest BCUT2D eigenvalue weighted by Gasteiger charge is -2.40. The van der Waals surface area contributed by atoms with Crippen molar-refractivity contribution in [1.82, 2.24) is 14.6 Å². The van der Waals surface area contributed by atoms with E-state index in [1.807, 2.05) is 0 Å². The van der Waals surface area contributed by atoms with Crippen LogP contribution in [0, 0.1) is 0 Å². The van der Waals surface area contributed by atoms with Crippen molar-refractivity contribution in [2.24, 2.45) is 0 Å². The normalized spacial score (nSPS) is 31.2. The monoisotopic (exact) mass is 339 g/mol. The molecule has 2 saturated heterocycles. The molecule has 0 amide bonds. The first-order valence-corrected chi connectivity index (χ1v) is 10.2. The van der Waals surface area contributed by atoms with Crippen molar-refractivity contribution in [2.45, 2.75) is 68.7 Å². The molecule has 3 nitrogen and oxygen atoms in total. The quantitative estimate of drug-likeness (QED) is 0.893. The van der Waals surface area contributed by atoms with Crippen LogP contribution in [0.25, 0.3) is 0 Å². The van der Waals surface area contributed by atoms with Gasteiger partial charge in [-0.05, 0) is 61.7 Å². The van der Waals surface area contributed by atoms with Crippen LogP contribution >= 0.6 is 11.5 Å². The molecule has 126 valence electrons. The molecule has 3 unspecified atom stereocenters. The third kappa shape index (κ3) is 2.81. The second-order valence-corrected chi connectivity index (χ2v) is 8.33. The molecule has 3 atom stereocenters. The molecule has 24 heavy (non-hydrogen) atoms. The largest absolute Gasteiger partial charge is 0.302 e. The van der Waals surface area contributed by atoms with Gasteiger partial charge in [0, 0.05) is 29.5 Å². The van der Waals surface area contributed by atoms with Crippen LogP contribution in [-0.4, -0.2) is 33.4 Å². The van der Waals surface area contributed by atoms with Crippen LogP contribution in [0.2, 0.25) is 0 Å². The highest BCUT2D eigenvalue weighted by Gasteiger charge is 2.47. The van der Waals surface area contributed by atoms with E-state index < -0.39 is 0 Å². The summed E-state index contributed by atoms with van der Waals surface area (Å²) in [6.45, 7) is 0. The Morgan fingerprint density at radius 3 is 2.29 bits per heavy atom. The number of fused-ring (bicyclic) bond motifs is 2. The minimum Gasteiger partial charge on any atom is -0.302 e. The van der Waals surface area contributed by atoms with Gasteiger partial charge in [0.2, 0.25) is 0 Å². The average molecular weight is 340 g/mol. The fourth-order valence-electron chi connectivity index (χ4n) is 4.92. The molecular formula is C20H25N3S. The van der Waals surface area contributed by atoms with Gasteiger partial charge in [0.05, 0.1) is 11.7 Å². The van der Waals surface area contributed by atoms with Crippen molar-refractivity contribution >= 4 is 11.5 Å². The summed E-state index contributed by atoms with van der Waals surface area (Å²) in [5.74, 6) is 0. The fraction of sp³-hybridized carbons (Fsp3) is 0.550. The molecule has 1 aliphatic carbocycles. The predicted octanol–water partition coefficient (Wildman–Crippen LogP) is 3.98. The van der Waals surface area contributed by atoms with Crippen molar-refractivity contribution in [3.8, 4) is 0 Å². The minimum absolute atomic E-state index is 0.231. The number of nitrogens with one attached hydrogen (secondary N) is 1. The van der Waals surface area contributed by atoms with Gasteiger partial charge in [-0.25, -0.2) is 0 Å². The van der Waals surface area contributed by atoms with E-state index in [4.69, 9.17) is 0 Å². The van der Waals surface area contributed by atoms with Gasteiger partial charge in [0.1, 0.15) is 0 Å². The average Bonchev–Trinajstić information content (AvgIpc) is 3.24. The molecule has 3 aliphatic rings. The molecule has 1 saturated carbocycles. The maximum absolute atomic E-state index is 4.63. The highest BCUT2D eigenvalue weighted by atomic mass is 32.1. The van der Waals surface area contributed by atoms with Crippen LogP contribution < -0.4 is 5.32 Å². The van der Waals surface area contributed by atoms with E-state index in [1.54, 1.807) is 11.5 Å². The topological polar surface area (TPSA) is 28.2 Å². The Kier molecular flexibility index (Phi) is 3.92. The molecule has 2 bridgehead atoms. The van der Waals surface area contributed by atoms with Gasteiger partial charge < -0.3 is 5.32 Å². The molecule has 5 rings (SSSR count). The maximum Gasteiger partial charge on any atom is 0.0764 e. The van der Waals surface area contributed by atoms with Gasteiger partial charge in [-0.2, -0.15) is 4.37 Å². The van der Waals surface area contributed by atoms with E-state index in [-0.39, 0.29) is 6.04 Å². The zero-order valence-corrected chi connectivity index (χ0v) is 14.8. The number of rotatable bonds is 5. The van der Waals surface area contributed by atoms with Crippen LogP contribution in [0.3, 0.4) is 0 Å². The summed E-state index contributed by atoms with van der Waals surface area (Å²) in [4.78, 5) is 2.87. The molecule has 1 aromatic heterocycles. The molecule has 3 heterocycles. The summed E-state index contributed by atoms with van der Waals surface area (Å²) < 4.78 is 4.63. The molecule has 1 N–H and O–H groups in total. The second kappa shape index (κ2) is 6.25. The summed E-state index contributed by atoms with van der Waals surface area (Å²) >= 11 is 1.55. The molecule has 0 radical (unpaired) electrons. The number of hydrogen-bond donors (Lipinski definition) is 1. The first kappa shape index (κ1) is 15.1. The fourth-order valence-corrected chi connectivity index (χ4v) is 5.47. The van der Waals surface area contributed by atoms with Gasteiger partial charge in [-0.1, -0.05) is 30.3 Å². The van der Waals surface area contributed by atoms with Crippen molar-refractivity contribution < 1.29 is 0 Å². The molecule has 1 aromatic carbocycles. The SMILES string of the molecule is c1ccc(C(NC2CC3CCC(C2)N3C2CC2)c2ccsn2)cc1. The molecular weight excluding hydrogens is 314 g/mol. The van der Waals surface area contributed by atoms with Gasteiger partial charge >= 0.3 is 0 Å². The first-order valence-electron chi connectivity index (χ1n) is 9.37. The summed E-state index contributed by atoms with van der Waals surface area (Å²) in [6.07, 6.45) is 8.31. The van der Waals surface area contributed by atoms with Gasteiger partial charge in [-0.15, -0.1) is 0 Å². The van der Waals surface area contributed by atoms with Crippen LogP contribution in [-0.2, 0) is 0 Å². The lowest BCUT2D eigenvalue weighted by atomic mass is 9.94. The van der Waals surface area contributed by atoms with E-state index in [9.17, 15) is 0 Å². The van der Waals surface area contributed by atoms with Crippen LogP contribution in [0.5, 0.6) is 0 Å². The third-order valence-electron chi connectivity index (χ3n) is 6.05. The summed E-state index contributed by atoms with van der Waals surface area (Å²) in [7, 11) is 0. The Hall–Kier alpha value is -1.23. The zero-order chi connectivity index (χ0) is 15.9. The first-order chi connectivity index (χ1) is 11.9. The Bertz CT molecular complexity index is 653. The van der Waals surface area contributed by atoms with Crippen molar-refractivity contribution in [3.63, 3.8) is 0 Å². The second-order valence-electron chi connectivity index (χ2n) is 7.67. The Balaban J connectivity index is 1.35. The molecule has 4 heteroatoms. The van der Waals surface area contributed by atoms with Gasteiger partial charge in [0.25, 0.3) is 0 Å². The van der Waals surface area contributed by atoms with Crippen molar-refractivity contribution in [2.75, 3.05) is 0 Å².